The number of hydroxylamine groups is 1. The van der Waals surface area contributed by atoms with Gasteiger partial charge >= 0.3 is 0 Å². The van der Waals surface area contributed by atoms with Gasteiger partial charge in [-0.15, -0.1) is 0 Å². The first-order chi connectivity index (χ1) is 11.3. The van der Waals surface area contributed by atoms with Crippen LogP contribution < -0.4 is 5.48 Å². The highest BCUT2D eigenvalue weighted by atomic mass is 16.5. The second-order valence-electron chi connectivity index (χ2n) is 4.82. The van der Waals surface area contributed by atoms with E-state index in [0.29, 0.717) is 11.6 Å². The molecule has 0 aliphatic carbocycles. The number of carbonyl (C=O) groups excluding carboxylic acids is 1. The van der Waals surface area contributed by atoms with Crippen molar-refractivity contribution in [1.82, 2.24) is 5.48 Å². The zero-order valence-electron chi connectivity index (χ0n) is 12.1. The highest BCUT2D eigenvalue weighted by Crippen LogP contribution is 2.20. The third-order valence-corrected chi connectivity index (χ3v) is 3.22. The van der Waals surface area contributed by atoms with Gasteiger partial charge in [0.25, 0.3) is 5.91 Å². The van der Waals surface area contributed by atoms with E-state index in [4.69, 9.17) is 9.94 Å². The van der Waals surface area contributed by atoms with E-state index < -0.39 is 11.9 Å². The van der Waals surface area contributed by atoms with Crippen molar-refractivity contribution in [2.75, 3.05) is 6.61 Å². The van der Waals surface area contributed by atoms with Gasteiger partial charge in [0.15, 0.2) is 6.04 Å². The molecule has 0 saturated heterocycles. The maximum absolute atomic E-state index is 11.3. The number of aliphatic imine (C=N–C) groups is 1. The van der Waals surface area contributed by atoms with Crippen LogP contribution in [0.1, 0.15) is 5.56 Å². The molecule has 1 amide bonds. The average Bonchev–Trinajstić information content (AvgIpc) is 3.11. The van der Waals surface area contributed by atoms with Gasteiger partial charge in [0, 0.05) is 5.56 Å². The predicted octanol–water partition coefficient (Wildman–Crippen LogP) is 2.75. The van der Waals surface area contributed by atoms with Gasteiger partial charge in [-0.25, -0.2) is 10.5 Å². The van der Waals surface area contributed by atoms with Crippen LogP contribution in [0.4, 0.5) is 11.4 Å². The second-order valence-corrected chi connectivity index (χ2v) is 4.82. The lowest BCUT2D eigenvalue weighted by Crippen LogP contribution is -2.31. The van der Waals surface area contributed by atoms with Crippen LogP contribution in [0.2, 0.25) is 0 Å². The molecule has 1 heterocycles. The summed E-state index contributed by atoms with van der Waals surface area (Å²) in [6, 6.07) is 15.9. The molecule has 116 valence electrons. The Morgan fingerprint density at radius 3 is 2.39 bits per heavy atom. The van der Waals surface area contributed by atoms with Crippen LogP contribution in [0.5, 0.6) is 0 Å². The van der Waals surface area contributed by atoms with Crippen molar-refractivity contribution in [3.63, 3.8) is 0 Å². The lowest BCUT2D eigenvalue weighted by atomic mass is 10.2. The van der Waals surface area contributed by atoms with Gasteiger partial charge in [-0.3, -0.25) is 10.0 Å². The second kappa shape index (κ2) is 6.80. The Labute approximate surface area is 132 Å². The number of rotatable bonds is 4. The van der Waals surface area contributed by atoms with Crippen LogP contribution in [0.15, 0.2) is 69.8 Å². The fourth-order valence-electron chi connectivity index (χ4n) is 2.02. The Balaban J connectivity index is 1.70. The molecule has 0 bridgehead atoms. The van der Waals surface area contributed by atoms with Crippen LogP contribution in [0.3, 0.4) is 0 Å². The molecule has 23 heavy (non-hydrogen) atoms. The molecule has 7 nitrogen and oxygen atoms in total. The summed E-state index contributed by atoms with van der Waals surface area (Å²) in [6.45, 7) is 0.108. The van der Waals surface area contributed by atoms with E-state index in [1.807, 2.05) is 30.3 Å². The van der Waals surface area contributed by atoms with Gasteiger partial charge in [0.2, 0.25) is 5.90 Å². The van der Waals surface area contributed by atoms with E-state index in [1.54, 1.807) is 29.7 Å². The van der Waals surface area contributed by atoms with Crippen molar-refractivity contribution in [2.24, 2.45) is 15.2 Å². The highest BCUT2D eigenvalue weighted by Gasteiger charge is 2.26. The molecule has 1 aliphatic rings. The van der Waals surface area contributed by atoms with Crippen LogP contribution >= 0.6 is 0 Å². The van der Waals surface area contributed by atoms with Crippen LogP contribution in [0.25, 0.3) is 0 Å². The molecule has 2 N–H and O–H groups in total. The van der Waals surface area contributed by atoms with E-state index in [9.17, 15) is 4.79 Å². The highest BCUT2D eigenvalue weighted by molar-refractivity contribution is 5.98. The summed E-state index contributed by atoms with van der Waals surface area (Å²) in [7, 11) is 0. The van der Waals surface area contributed by atoms with E-state index in [2.05, 4.69) is 15.2 Å². The number of amides is 1. The number of benzene rings is 2. The fraction of sp³-hybridized carbons (Fsp3) is 0.125. The normalized spacial score (nSPS) is 16.9. The minimum Gasteiger partial charge on any atom is -0.475 e. The Morgan fingerprint density at radius 1 is 1.09 bits per heavy atom. The molecule has 1 aliphatic heterocycles. The molecule has 0 radical (unpaired) electrons. The number of hydrogen-bond donors (Lipinski definition) is 2. The number of azo groups is 1. The molecule has 2 aromatic carbocycles. The van der Waals surface area contributed by atoms with Gasteiger partial charge < -0.3 is 4.74 Å². The Bertz CT molecular complexity index is 742. The van der Waals surface area contributed by atoms with Crippen molar-refractivity contribution in [3.8, 4) is 0 Å². The first-order valence-corrected chi connectivity index (χ1v) is 6.98. The van der Waals surface area contributed by atoms with Gasteiger partial charge in [-0.1, -0.05) is 18.2 Å². The van der Waals surface area contributed by atoms with E-state index in [-0.39, 0.29) is 6.61 Å². The van der Waals surface area contributed by atoms with E-state index in [0.717, 1.165) is 11.3 Å². The van der Waals surface area contributed by atoms with E-state index in [1.165, 1.54) is 0 Å². The summed E-state index contributed by atoms with van der Waals surface area (Å²) in [5.74, 6) is -0.224. The van der Waals surface area contributed by atoms with Crippen molar-refractivity contribution in [3.05, 3.63) is 60.2 Å². The number of hydrogen-bond acceptors (Lipinski definition) is 6. The lowest BCUT2D eigenvalue weighted by Gasteiger charge is -2.01. The van der Waals surface area contributed by atoms with Crippen molar-refractivity contribution in [2.45, 2.75) is 6.04 Å². The third kappa shape index (κ3) is 3.58. The quantitative estimate of drug-likeness (QED) is 0.516. The molecular weight excluding hydrogens is 296 g/mol. The number of ether oxygens (including phenoxy) is 1. The topological polar surface area (TPSA) is 95.6 Å². The van der Waals surface area contributed by atoms with Gasteiger partial charge in [-0.05, 0) is 36.4 Å². The summed E-state index contributed by atoms with van der Waals surface area (Å²) < 4.78 is 5.37. The zero-order chi connectivity index (χ0) is 16.1. The SMILES string of the molecule is O=C(NO)[C@H]1COC(c2ccc(N=Nc3ccccc3)cc2)=N1. The Morgan fingerprint density at radius 2 is 1.74 bits per heavy atom. The lowest BCUT2D eigenvalue weighted by molar-refractivity contribution is -0.130. The predicted molar refractivity (Wildman–Crippen MR) is 83.3 cm³/mol. The minimum absolute atomic E-state index is 0.108. The van der Waals surface area contributed by atoms with Gasteiger partial charge in [0.05, 0.1) is 11.4 Å². The maximum atomic E-state index is 11.3. The van der Waals surface area contributed by atoms with Crippen LogP contribution in [-0.4, -0.2) is 29.7 Å². The van der Waals surface area contributed by atoms with Crippen LogP contribution in [-0.2, 0) is 9.53 Å². The first-order valence-electron chi connectivity index (χ1n) is 6.98. The molecule has 1 atom stereocenters. The van der Waals surface area contributed by atoms with Crippen molar-refractivity contribution >= 4 is 23.2 Å². The first kappa shape index (κ1) is 14.9. The molecule has 0 saturated carbocycles. The average molecular weight is 310 g/mol. The summed E-state index contributed by atoms with van der Waals surface area (Å²) in [4.78, 5) is 15.4. The molecule has 0 aromatic heterocycles. The van der Waals surface area contributed by atoms with Gasteiger partial charge in [-0.2, -0.15) is 10.2 Å². The molecule has 7 heteroatoms. The van der Waals surface area contributed by atoms with Crippen molar-refractivity contribution < 1.29 is 14.7 Å². The monoisotopic (exact) mass is 310 g/mol. The summed E-state index contributed by atoms with van der Waals surface area (Å²) >= 11 is 0. The van der Waals surface area contributed by atoms with Gasteiger partial charge in [0.1, 0.15) is 6.61 Å². The summed E-state index contributed by atoms with van der Waals surface area (Å²) in [5.41, 5.74) is 3.77. The number of carbonyl (C=O) groups is 1. The summed E-state index contributed by atoms with van der Waals surface area (Å²) in [5, 5.41) is 16.9. The smallest absolute Gasteiger partial charge is 0.271 e. The number of nitrogens with zero attached hydrogens (tertiary/aromatic N) is 3. The zero-order valence-corrected chi connectivity index (χ0v) is 12.1. The largest absolute Gasteiger partial charge is 0.475 e. The molecule has 3 rings (SSSR count). The minimum atomic E-state index is -0.729. The molecule has 0 spiro atoms. The number of nitrogens with one attached hydrogen (secondary N) is 1. The standard InChI is InChI=1S/C16H14N4O3/c21-15(20-22)14-10-23-16(17-14)11-6-8-13(9-7-11)19-18-12-4-2-1-3-5-12/h1-9,14,22H,10H2,(H,20,21)/t14-/m1/s1. The molecule has 0 unspecified atom stereocenters. The fourth-order valence-corrected chi connectivity index (χ4v) is 2.02. The third-order valence-electron chi connectivity index (χ3n) is 3.22. The Kier molecular flexibility index (Phi) is 4.39. The molecular formula is C16H14N4O3. The molecule has 0 fully saturated rings. The Hall–Kier alpha value is -3.06. The molecule has 2 aromatic rings. The van der Waals surface area contributed by atoms with Crippen LogP contribution in [0, 0.1) is 0 Å². The van der Waals surface area contributed by atoms with Crippen molar-refractivity contribution in [1.29, 1.82) is 0 Å². The summed E-state index contributed by atoms with van der Waals surface area (Å²) in [6.07, 6.45) is 0. The maximum Gasteiger partial charge on any atom is 0.271 e. The van der Waals surface area contributed by atoms with E-state index >= 15 is 0 Å².